The largest absolute Gasteiger partial charge is 0.479 e. The fraction of sp³-hybridized carbons (Fsp3) is 0.467. The Morgan fingerprint density at radius 1 is 1.60 bits per heavy atom. The van der Waals surface area contributed by atoms with E-state index in [2.05, 4.69) is 17.6 Å². The molecule has 1 aromatic carbocycles. The number of nitrogens with one attached hydrogen (secondary N) is 2. The summed E-state index contributed by atoms with van der Waals surface area (Å²) in [4.78, 5) is 12.2. The van der Waals surface area contributed by atoms with Gasteiger partial charge in [0.25, 0.3) is 0 Å². The van der Waals surface area contributed by atoms with Crippen molar-refractivity contribution in [3.05, 3.63) is 24.3 Å². The Morgan fingerprint density at radius 2 is 2.45 bits per heavy atom. The average molecular weight is 273 g/mol. The van der Waals surface area contributed by atoms with E-state index in [1.54, 1.807) is 18.2 Å². The number of piperidine rings is 1. The van der Waals surface area contributed by atoms with Gasteiger partial charge in [-0.05, 0) is 38.4 Å². The first-order valence-corrected chi connectivity index (χ1v) is 6.83. The number of anilines is 1. The number of hydrogen-bond acceptors (Lipinski definition) is 4. The Labute approximate surface area is 118 Å². The number of nitriles is 1. The maximum Gasteiger partial charge on any atom is 0.227 e. The first-order chi connectivity index (χ1) is 9.69. The third kappa shape index (κ3) is 3.97. The third-order valence-corrected chi connectivity index (χ3v) is 3.40. The quantitative estimate of drug-likeness (QED) is 0.879. The summed E-state index contributed by atoms with van der Waals surface area (Å²) in [5.41, 5.74) is 0.705. The highest BCUT2D eigenvalue weighted by Crippen LogP contribution is 2.21. The summed E-state index contributed by atoms with van der Waals surface area (Å²) < 4.78 is 5.22. The van der Waals surface area contributed by atoms with Gasteiger partial charge in [-0.1, -0.05) is 6.07 Å². The number of carbonyl (C=O) groups is 1. The van der Waals surface area contributed by atoms with Crippen LogP contribution in [0.3, 0.4) is 0 Å². The lowest BCUT2D eigenvalue weighted by molar-refractivity contribution is -0.120. The predicted molar refractivity (Wildman–Crippen MR) is 76.4 cm³/mol. The fourth-order valence-electron chi connectivity index (χ4n) is 2.39. The molecule has 1 aromatic rings. The van der Waals surface area contributed by atoms with Crippen molar-refractivity contribution in [1.29, 1.82) is 5.26 Å². The molecule has 5 heteroatoms. The lowest BCUT2D eigenvalue weighted by Gasteiger charge is -2.27. The van der Waals surface area contributed by atoms with E-state index in [4.69, 9.17) is 10.00 Å². The Balaban J connectivity index is 1.95. The minimum atomic E-state index is 0.00318. The van der Waals surface area contributed by atoms with Crippen LogP contribution in [0, 0.1) is 17.2 Å². The van der Waals surface area contributed by atoms with Crippen LogP contribution in [-0.2, 0) is 4.79 Å². The number of carbonyl (C=O) groups excluding carboxylic acids is 1. The number of benzene rings is 1. The van der Waals surface area contributed by atoms with Crippen LogP contribution < -0.4 is 15.4 Å². The minimum Gasteiger partial charge on any atom is -0.479 e. The van der Waals surface area contributed by atoms with E-state index < -0.39 is 0 Å². The standard InChI is InChI=1S/C15H19N3O2/c1-11-9-12(5-7-17-11)15(19)18-13-3-2-4-14(10-13)20-8-6-16/h2-4,10-12,17H,5,7-9H2,1H3,(H,18,19). The molecule has 0 radical (unpaired) electrons. The monoisotopic (exact) mass is 273 g/mol. The van der Waals surface area contributed by atoms with E-state index in [1.807, 2.05) is 12.1 Å². The molecule has 5 nitrogen and oxygen atoms in total. The Hall–Kier alpha value is -2.06. The molecule has 0 aromatic heterocycles. The topological polar surface area (TPSA) is 74.1 Å². The van der Waals surface area contributed by atoms with Crippen molar-refractivity contribution in [3.8, 4) is 11.8 Å². The molecular formula is C15H19N3O2. The Kier molecular flexibility index (Phi) is 4.97. The molecule has 1 fully saturated rings. The molecule has 0 aliphatic carbocycles. The van der Waals surface area contributed by atoms with Crippen LogP contribution in [0.2, 0.25) is 0 Å². The highest BCUT2D eigenvalue weighted by atomic mass is 16.5. The summed E-state index contributed by atoms with van der Waals surface area (Å²) in [5, 5.41) is 14.7. The summed E-state index contributed by atoms with van der Waals surface area (Å²) in [6.45, 7) is 2.98. The molecule has 2 N–H and O–H groups in total. The Bertz CT molecular complexity index is 510. The highest BCUT2D eigenvalue weighted by Gasteiger charge is 2.24. The highest BCUT2D eigenvalue weighted by molar-refractivity contribution is 5.92. The summed E-state index contributed by atoms with van der Waals surface area (Å²) in [6.07, 6.45) is 1.72. The van der Waals surface area contributed by atoms with Crippen LogP contribution in [-0.4, -0.2) is 25.1 Å². The van der Waals surface area contributed by atoms with Gasteiger partial charge in [-0.2, -0.15) is 5.26 Å². The average Bonchev–Trinajstić information content (AvgIpc) is 2.45. The van der Waals surface area contributed by atoms with E-state index >= 15 is 0 Å². The van der Waals surface area contributed by atoms with Crippen molar-refractivity contribution in [1.82, 2.24) is 5.32 Å². The smallest absolute Gasteiger partial charge is 0.227 e. The molecule has 20 heavy (non-hydrogen) atoms. The molecule has 1 saturated heterocycles. The third-order valence-electron chi connectivity index (χ3n) is 3.40. The zero-order chi connectivity index (χ0) is 14.4. The number of nitrogens with zero attached hydrogens (tertiary/aromatic N) is 1. The van der Waals surface area contributed by atoms with Gasteiger partial charge in [-0.15, -0.1) is 0 Å². The number of hydrogen-bond donors (Lipinski definition) is 2. The van der Waals surface area contributed by atoms with Crippen LogP contribution in [0.5, 0.6) is 5.75 Å². The predicted octanol–water partition coefficient (Wildman–Crippen LogP) is 1.92. The minimum absolute atomic E-state index is 0.00318. The molecule has 1 heterocycles. The normalized spacial score (nSPS) is 21.8. The molecular weight excluding hydrogens is 254 g/mol. The van der Waals surface area contributed by atoms with Gasteiger partial charge in [0.1, 0.15) is 11.8 Å². The van der Waals surface area contributed by atoms with Gasteiger partial charge in [-0.3, -0.25) is 4.79 Å². The second-order valence-electron chi connectivity index (χ2n) is 5.04. The van der Waals surface area contributed by atoms with E-state index in [1.165, 1.54) is 0 Å². The second-order valence-corrected chi connectivity index (χ2v) is 5.04. The van der Waals surface area contributed by atoms with Gasteiger partial charge in [0, 0.05) is 23.7 Å². The van der Waals surface area contributed by atoms with Gasteiger partial charge in [0.05, 0.1) is 0 Å². The van der Waals surface area contributed by atoms with Crippen molar-refractivity contribution in [2.75, 3.05) is 18.5 Å². The summed E-state index contributed by atoms with van der Waals surface area (Å²) in [7, 11) is 0. The zero-order valence-electron chi connectivity index (χ0n) is 11.6. The summed E-state index contributed by atoms with van der Waals surface area (Å²) in [6, 6.07) is 9.42. The van der Waals surface area contributed by atoms with E-state index in [0.717, 1.165) is 19.4 Å². The fourth-order valence-corrected chi connectivity index (χ4v) is 2.39. The van der Waals surface area contributed by atoms with Gasteiger partial charge in [0.15, 0.2) is 6.61 Å². The van der Waals surface area contributed by atoms with Crippen molar-refractivity contribution in [3.63, 3.8) is 0 Å². The maximum absolute atomic E-state index is 12.2. The first kappa shape index (κ1) is 14.4. The van der Waals surface area contributed by atoms with Crippen LogP contribution in [0.4, 0.5) is 5.69 Å². The van der Waals surface area contributed by atoms with Crippen LogP contribution in [0.1, 0.15) is 19.8 Å². The van der Waals surface area contributed by atoms with Crippen LogP contribution in [0.25, 0.3) is 0 Å². The maximum atomic E-state index is 12.2. The van der Waals surface area contributed by atoms with Crippen molar-refractivity contribution in [2.24, 2.45) is 5.92 Å². The molecule has 1 aliphatic rings. The molecule has 106 valence electrons. The van der Waals surface area contributed by atoms with Gasteiger partial charge < -0.3 is 15.4 Å². The molecule has 0 bridgehead atoms. The van der Waals surface area contributed by atoms with Crippen LogP contribution >= 0.6 is 0 Å². The molecule has 0 spiro atoms. The Morgan fingerprint density at radius 3 is 3.20 bits per heavy atom. The lowest BCUT2D eigenvalue weighted by Crippen LogP contribution is -2.40. The molecule has 2 atom stereocenters. The molecule has 0 saturated carbocycles. The van der Waals surface area contributed by atoms with Crippen LogP contribution in [0.15, 0.2) is 24.3 Å². The van der Waals surface area contributed by atoms with Crippen molar-refractivity contribution >= 4 is 11.6 Å². The zero-order valence-corrected chi connectivity index (χ0v) is 11.6. The summed E-state index contributed by atoms with van der Waals surface area (Å²) in [5.74, 6) is 0.689. The van der Waals surface area contributed by atoms with E-state index in [-0.39, 0.29) is 18.4 Å². The van der Waals surface area contributed by atoms with E-state index in [9.17, 15) is 4.79 Å². The van der Waals surface area contributed by atoms with E-state index in [0.29, 0.717) is 17.5 Å². The number of amides is 1. The molecule has 1 amide bonds. The molecule has 2 unspecified atom stereocenters. The second kappa shape index (κ2) is 6.92. The van der Waals surface area contributed by atoms with Gasteiger partial charge >= 0.3 is 0 Å². The lowest BCUT2D eigenvalue weighted by atomic mass is 9.92. The van der Waals surface area contributed by atoms with Gasteiger partial charge in [-0.25, -0.2) is 0 Å². The molecule has 2 rings (SSSR count). The SMILES string of the molecule is CC1CC(C(=O)Nc2cccc(OCC#N)c2)CCN1. The first-order valence-electron chi connectivity index (χ1n) is 6.83. The van der Waals surface area contributed by atoms with Gasteiger partial charge in [0.2, 0.25) is 5.91 Å². The molecule has 1 aliphatic heterocycles. The van der Waals surface area contributed by atoms with Crippen molar-refractivity contribution in [2.45, 2.75) is 25.8 Å². The number of rotatable bonds is 4. The van der Waals surface area contributed by atoms with Crippen molar-refractivity contribution < 1.29 is 9.53 Å². The number of ether oxygens (including phenoxy) is 1. The summed E-state index contributed by atoms with van der Waals surface area (Å²) >= 11 is 0.